The van der Waals surface area contributed by atoms with Gasteiger partial charge in [-0.05, 0) is 60.7 Å². The molecule has 144 valence electrons. The summed E-state index contributed by atoms with van der Waals surface area (Å²) in [6, 6.07) is 21.5. The van der Waals surface area contributed by atoms with E-state index in [-0.39, 0.29) is 18.6 Å². The maximum atomic E-state index is 12.7. The molecule has 0 aliphatic carbocycles. The number of halogens is 1. The summed E-state index contributed by atoms with van der Waals surface area (Å²) >= 11 is 6.20. The van der Waals surface area contributed by atoms with Crippen LogP contribution in [0.4, 0.5) is 0 Å². The van der Waals surface area contributed by atoms with Crippen LogP contribution in [0.1, 0.15) is 33.9 Å². The Labute approximate surface area is 171 Å². The van der Waals surface area contributed by atoms with E-state index in [1.807, 2.05) is 87.5 Å². The molecular formula is C24H24ClNO2. The number of carbonyl (C=O) groups is 1. The quantitative estimate of drug-likeness (QED) is 0.596. The first-order valence-electron chi connectivity index (χ1n) is 9.25. The molecule has 3 aromatic rings. The number of nitrogens with one attached hydrogen (secondary N) is 1. The molecule has 0 heterocycles. The van der Waals surface area contributed by atoms with E-state index in [9.17, 15) is 4.79 Å². The van der Waals surface area contributed by atoms with Crippen molar-refractivity contribution < 1.29 is 9.53 Å². The summed E-state index contributed by atoms with van der Waals surface area (Å²) in [7, 11) is 0. The second-order valence-electron chi connectivity index (χ2n) is 6.93. The molecule has 0 bridgehead atoms. The van der Waals surface area contributed by atoms with Crippen LogP contribution in [0.3, 0.4) is 0 Å². The smallest absolute Gasteiger partial charge is 0.258 e. The summed E-state index contributed by atoms with van der Waals surface area (Å²) in [4.78, 5) is 12.7. The summed E-state index contributed by atoms with van der Waals surface area (Å²) in [5.74, 6) is 0.462. The molecule has 0 radical (unpaired) electrons. The van der Waals surface area contributed by atoms with Gasteiger partial charge in [-0.15, -0.1) is 0 Å². The van der Waals surface area contributed by atoms with Gasteiger partial charge in [0.2, 0.25) is 0 Å². The highest BCUT2D eigenvalue weighted by atomic mass is 35.5. The van der Waals surface area contributed by atoms with E-state index < -0.39 is 0 Å². The first-order valence-corrected chi connectivity index (χ1v) is 9.63. The van der Waals surface area contributed by atoms with Gasteiger partial charge in [0.1, 0.15) is 5.75 Å². The Morgan fingerprint density at radius 1 is 0.929 bits per heavy atom. The molecule has 3 nitrogen and oxygen atoms in total. The third-order valence-electron chi connectivity index (χ3n) is 4.72. The van der Waals surface area contributed by atoms with Crippen molar-refractivity contribution in [2.24, 2.45) is 0 Å². The molecule has 0 aromatic heterocycles. The number of hydrogen-bond donors (Lipinski definition) is 1. The van der Waals surface area contributed by atoms with Gasteiger partial charge in [-0.25, -0.2) is 0 Å². The highest BCUT2D eigenvalue weighted by molar-refractivity contribution is 6.32. The van der Waals surface area contributed by atoms with Gasteiger partial charge < -0.3 is 10.1 Å². The molecule has 1 atom stereocenters. The van der Waals surface area contributed by atoms with Crippen LogP contribution in [-0.4, -0.2) is 12.5 Å². The van der Waals surface area contributed by atoms with E-state index in [2.05, 4.69) is 5.32 Å². The van der Waals surface area contributed by atoms with E-state index in [0.717, 1.165) is 32.8 Å². The zero-order chi connectivity index (χ0) is 20.1. The minimum Gasteiger partial charge on any atom is -0.484 e. The Kier molecular flexibility index (Phi) is 6.37. The maximum absolute atomic E-state index is 12.7. The molecule has 28 heavy (non-hydrogen) atoms. The van der Waals surface area contributed by atoms with E-state index in [1.54, 1.807) is 0 Å². The van der Waals surface area contributed by atoms with Crippen LogP contribution >= 0.6 is 11.6 Å². The lowest BCUT2D eigenvalue weighted by molar-refractivity contribution is -0.123. The molecule has 0 fully saturated rings. The molecule has 0 aliphatic rings. The second-order valence-corrected chi connectivity index (χ2v) is 7.31. The molecule has 1 amide bonds. The highest BCUT2D eigenvalue weighted by Gasteiger charge is 2.18. The van der Waals surface area contributed by atoms with Crippen LogP contribution in [0.2, 0.25) is 5.02 Å². The largest absolute Gasteiger partial charge is 0.484 e. The third kappa shape index (κ3) is 4.73. The van der Waals surface area contributed by atoms with Gasteiger partial charge in [-0.2, -0.15) is 0 Å². The van der Waals surface area contributed by atoms with Crippen molar-refractivity contribution in [1.29, 1.82) is 0 Å². The average molecular weight is 394 g/mol. The van der Waals surface area contributed by atoms with E-state index in [1.165, 1.54) is 0 Å². The third-order valence-corrected chi connectivity index (χ3v) is 5.31. The van der Waals surface area contributed by atoms with Gasteiger partial charge in [0.25, 0.3) is 5.91 Å². The van der Waals surface area contributed by atoms with E-state index >= 15 is 0 Å². The van der Waals surface area contributed by atoms with Crippen molar-refractivity contribution in [2.75, 3.05) is 6.61 Å². The summed E-state index contributed by atoms with van der Waals surface area (Å²) in [5.41, 5.74) is 5.09. The average Bonchev–Trinajstić information content (AvgIpc) is 2.70. The van der Waals surface area contributed by atoms with Crippen LogP contribution < -0.4 is 10.1 Å². The fourth-order valence-corrected chi connectivity index (χ4v) is 3.35. The fraction of sp³-hybridized carbons (Fsp3) is 0.208. The second kappa shape index (κ2) is 8.94. The van der Waals surface area contributed by atoms with Crippen molar-refractivity contribution in [2.45, 2.75) is 26.8 Å². The molecule has 1 N–H and O–H groups in total. The van der Waals surface area contributed by atoms with Gasteiger partial charge in [0, 0.05) is 5.02 Å². The normalized spacial score (nSPS) is 11.7. The minimum absolute atomic E-state index is 0.0598. The Bertz CT molecular complexity index is 946. The number of amides is 1. The molecule has 0 aliphatic heterocycles. The van der Waals surface area contributed by atoms with Crippen molar-refractivity contribution in [3.8, 4) is 5.75 Å². The van der Waals surface area contributed by atoms with Crippen molar-refractivity contribution in [3.63, 3.8) is 0 Å². The molecule has 0 unspecified atom stereocenters. The predicted octanol–water partition coefficient (Wildman–Crippen LogP) is 5.55. The molecule has 0 spiro atoms. The summed E-state index contributed by atoms with van der Waals surface area (Å²) in [5, 5.41) is 3.83. The Hall–Kier alpha value is -2.78. The lowest BCUT2D eigenvalue weighted by atomic mass is 9.95. The molecule has 0 saturated carbocycles. The lowest BCUT2D eigenvalue weighted by Gasteiger charge is -2.22. The van der Waals surface area contributed by atoms with Gasteiger partial charge in [-0.1, -0.05) is 66.2 Å². The van der Waals surface area contributed by atoms with Gasteiger partial charge >= 0.3 is 0 Å². The van der Waals surface area contributed by atoms with Gasteiger partial charge in [0.05, 0.1) is 6.04 Å². The number of benzene rings is 3. The van der Waals surface area contributed by atoms with Crippen LogP contribution in [0.15, 0.2) is 66.7 Å². The topological polar surface area (TPSA) is 38.3 Å². The predicted molar refractivity (Wildman–Crippen MR) is 114 cm³/mol. The van der Waals surface area contributed by atoms with Crippen LogP contribution in [0, 0.1) is 20.8 Å². The summed E-state index contributed by atoms with van der Waals surface area (Å²) in [6.07, 6.45) is 0. The van der Waals surface area contributed by atoms with Crippen molar-refractivity contribution >= 4 is 17.5 Å². The number of carbonyl (C=O) groups excluding carboxylic acids is 1. The van der Waals surface area contributed by atoms with Crippen LogP contribution in [0.25, 0.3) is 0 Å². The van der Waals surface area contributed by atoms with Crippen molar-refractivity contribution in [3.05, 3.63) is 99.6 Å². The van der Waals surface area contributed by atoms with Crippen molar-refractivity contribution in [1.82, 2.24) is 5.32 Å². The Morgan fingerprint density at radius 2 is 1.54 bits per heavy atom. The Balaban J connectivity index is 1.76. The first kappa shape index (κ1) is 20.0. The lowest BCUT2D eigenvalue weighted by Crippen LogP contribution is -2.33. The number of aryl methyl sites for hydroxylation is 3. The maximum Gasteiger partial charge on any atom is 0.258 e. The standard InChI is InChI=1S/C24H24ClNO2/c1-16-9-7-8-12-21(16)24(19-10-5-4-6-11-19)26-22(27)15-28-20-13-17(2)23(25)18(3)14-20/h4-14,24H,15H2,1-3H3,(H,26,27)/t24-/m0/s1. The van der Waals surface area contributed by atoms with E-state index in [4.69, 9.17) is 16.3 Å². The molecule has 4 heteroatoms. The molecule has 0 saturated heterocycles. The number of rotatable bonds is 6. The van der Waals surface area contributed by atoms with Crippen LogP contribution in [-0.2, 0) is 4.79 Å². The SMILES string of the molecule is Cc1ccccc1[C@@H](NC(=O)COc1cc(C)c(Cl)c(C)c1)c1ccccc1. The summed E-state index contributed by atoms with van der Waals surface area (Å²) < 4.78 is 5.72. The van der Waals surface area contributed by atoms with Crippen LogP contribution in [0.5, 0.6) is 5.75 Å². The van der Waals surface area contributed by atoms with Gasteiger partial charge in [0.15, 0.2) is 6.61 Å². The number of ether oxygens (including phenoxy) is 1. The monoisotopic (exact) mass is 393 g/mol. The molecule has 3 rings (SSSR count). The van der Waals surface area contributed by atoms with E-state index in [0.29, 0.717) is 5.75 Å². The molecule has 3 aromatic carbocycles. The zero-order valence-corrected chi connectivity index (χ0v) is 17.1. The Morgan fingerprint density at radius 3 is 2.18 bits per heavy atom. The fourth-order valence-electron chi connectivity index (χ4n) is 3.24. The molecular weight excluding hydrogens is 370 g/mol. The first-order chi connectivity index (χ1) is 13.5. The minimum atomic E-state index is -0.229. The summed E-state index contributed by atoms with van der Waals surface area (Å²) in [6.45, 7) is 5.83. The highest BCUT2D eigenvalue weighted by Crippen LogP contribution is 2.27. The van der Waals surface area contributed by atoms with Gasteiger partial charge in [-0.3, -0.25) is 4.79 Å². The number of hydrogen-bond acceptors (Lipinski definition) is 2. The zero-order valence-electron chi connectivity index (χ0n) is 16.3.